The molecule has 0 saturated heterocycles. The van der Waals surface area contributed by atoms with Crippen molar-refractivity contribution in [2.45, 2.75) is 64.8 Å². The van der Waals surface area contributed by atoms with Gasteiger partial charge in [-0.15, -0.1) is 0 Å². The topological polar surface area (TPSA) is 12.0 Å². The van der Waals surface area contributed by atoms with Gasteiger partial charge >= 0.3 is 0 Å². The van der Waals surface area contributed by atoms with Crippen molar-refractivity contribution in [3.8, 4) is 0 Å². The lowest BCUT2D eigenvalue weighted by Gasteiger charge is -2.25. The molecule has 104 valence electrons. The molecule has 1 fully saturated rings. The van der Waals surface area contributed by atoms with E-state index in [1.54, 1.807) is 16.7 Å². The second-order valence-electron chi connectivity index (χ2n) is 6.67. The number of fused-ring (bicyclic) bond motifs is 1. The van der Waals surface area contributed by atoms with Gasteiger partial charge in [0, 0.05) is 6.04 Å². The molecular weight excluding hydrogens is 230 g/mol. The molecule has 1 saturated carbocycles. The van der Waals surface area contributed by atoms with E-state index in [9.17, 15) is 0 Å². The fraction of sp³-hybridized carbons (Fsp3) is 0.667. The third-order valence-electron chi connectivity index (χ3n) is 5.23. The number of nitrogens with one attached hydrogen (secondary N) is 1. The van der Waals surface area contributed by atoms with Crippen molar-refractivity contribution >= 4 is 0 Å². The molecule has 1 atom stereocenters. The third-order valence-corrected chi connectivity index (χ3v) is 5.23. The fourth-order valence-electron chi connectivity index (χ4n) is 3.64. The summed E-state index contributed by atoms with van der Waals surface area (Å²) in [6.45, 7) is 5.79. The van der Waals surface area contributed by atoms with Crippen molar-refractivity contribution in [3.63, 3.8) is 0 Å². The van der Waals surface area contributed by atoms with Gasteiger partial charge in [0.15, 0.2) is 0 Å². The van der Waals surface area contributed by atoms with Crippen LogP contribution in [-0.2, 0) is 19.3 Å². The van der Waals surface area contributed by atoms with E-state index >= 15 is 0 Å². The summed E-state index contributed by atoms with van der Waals surface area (Å²) in [6, 6.07) is 7.93. The number of aryl methyl sites for hydroxylation is 2. The molecule has 19 heavy (non-hydrogen) atoms. The second kappa shape index (κ2) is 5.28. The summed E-state index contributed by atoms with van der Waals surface area (Å²) >= 11 is 0. The van der Waals surface area contributed by atoms with Crippen molar-refractivity contribution in [2.75, 3.05) is 6.54 Å². The zero-order valence-electron chi connectivity index (χ0n) is 12.5. The van der Waals surface area contributed by atoms with Gasteiger partial charge in [0.25, 0.3) is 0 Å². The lowest BCUT2D eigenvalue weighted by molar-refractivity contribution is 0.350. The molecule has 1 aromatic carbocycles. The number of hydrogen-bond donors (Lipinski definition) is 1. The summed E-state index contributed by atoms with van der Waals surface area (Å²) in [5, 5.41) is 3.71. The van der Waals surface area contributed by atoms with E-state index in [1.807, 2.05) is 0 Å². The van der Waals surface area contributed by atoms with Crippen LogP contribution in [0, 0.1) is 5.41 Å². The van der Waals surface area contributed by atoms with E-state index in [-0.39, 0.29) is 0 Å². The van der Waals surface area contributed by atoms with Gasteiger partial charge in [0.2, 0.25) is 0 Å². The zero-order chi connectivity index (χ0) is 13.3. The summed E-state index contributed by atoms with van der Waals surface area (Å²) in [5.74, 6) is 0. The van der Waals surface area contributed by atoms with Crippen LogP contribution in [0.5, 0.6) is 0 Å². The first-order chi connectivity index (χ1) is 9.23. The summed E-state index contributed by atoms with van der Waals surface area (Å²) in [4.78, 5) is 0. The Morgan fingerprint density at radius 1 is 1.21 bits per heavy atom. The van der Waals surface area contributed by atoms with Crippen molar-refractivity contribution in [1.29, 1.82) is 0 Å². The van der Waals surface area contributed by atoms with Crippen molar-refractivity contribution < 1.29 is 0 Å². The van der Waals surface area contributed by atoms with Crippen molar-refractivity contribution in [1.82, 2.24) is 5.32 Å². The Labute approximate surface area is 117 Å². The van der Waals surface area contributed by atoms with Crippen LogP contribution in [-0.4, -0.2) is 12.6 Å². The lowest BCUT2D eigenvalue weighted by Crippen LogP contribution is -2.36. The molecule has 1 unspecified atom stereocenters. The molecule has 2 aliphatic rings. The monoisotopic (exact) mass is 257 g/mol. The summed E-state index contributed by atoms with van der Waals surface area (Å²) in [5.41, 5.74) is 5.36. The number of rotatable bonds is 6. The molecule has 1 N–H and O–H groups in total. The summed E-state index contributed by atoms with van der Waals surface area (Å²) < 4.78 is 0. The molecule has 1 nitrogen and oxygen atoms in total. The second-order valence-corrected chi connectivity index (χ2v) is 6.67. The average molecular weight is 257 g/mol. The molecule has 0 aliphatic heterocycles. The Hall–Kier alpha value is -0.820. The van der Waals surface area contributed by atoms with Crippen LogP contribution in [0.1, 0.15) is 56.2 Å². The van der Waals surface area contributed by atoms with Crippen molar-refractivity contribution in [2.24, 2.45) is 5.41 Å². The molecule has 0 heterocycles. The minimum atomic E-state index is 0.558. The van der Waals surface area contributed by atoms with Gasteiger partial charge in [-0.3, -0.25) is 0 Å². The molecule has 0 amide bonds. The first-order valence-corrected chi connectivity index (χ1v) is 8.07. The number of hydrogen-bond acceptors (Lipinski definition) is 1. The average Bonchev–Trinajstić information content (AvgIpc) is 3.04. The largest absolute Gasteiger partial charge is 0.314 e. The molecule has 3 rings (SSSR count). The maximum Gasteiger partial charge on any atom is 0.00983 e. The van der Waals surface area contributed by atoms with E-state index < -0.39 is 0 Å². The number of benzene rings is 1. The highest BCUT2D eigenvalue weighted by Gasteiger charge is 2.46. The third kappa shape index (κ3) is 2.72. The van der Waals surface area contributed by atoms with Gasteiger partial charge in [0.1, 0.15) is 0 Å². The van der Waals surface area contributed by atoms with Gasteiger partial charge in [-0.1, -0.05) is 25.1 Å². The SMILES string of the molecule is CCCNC(C)C1(Cc2ccc3c(c2)CCC3)CC1. The van der Waals surface area contributed by atoms with Crippen LogP contribution in [0.2, 0.25) is 0 Å². The van der Waals surface area contributed by atoms with E-state index in [1.165, 1.54) is 44.9 Å². The van der Waals surface area contributed by atoms with Crippen LogP contribution in [0.3, 0.4) is 0 Å². The molecule has 0 spiro atoms. The lowest BCUT2D eigenvalue weighted by atomic mass is 9.88. The normalized spacial score (nSPS) is 21.2. The molecule has 1 heteroatoms. The Balaban J connectivity index is 1.67. The van der Waals surface area contributed by atoms with Crippen LogP contribution in [0.4, 0.5) is 0 Å². The first kappa shape index (κ1) is 13.2. The standard InChI is InChI=1S/C18H27N/c1-3-11-19-14(2)18(9-10-18)13-15-7-8-16-5-4-6-17(16)12-15/h7-8,12,14,19H,3-6,9-11,13H2,1-2H3. The van der Waals surface area contributed by atoms with Crippen LogP contribution in [0.25, 0.3) is 0 Å². The van der Waals surface area contributed by atoms with Crippen LogP contribution in [0.15, 0.2) is 18.2 Å². The Bertz CT molecular complexity index is 445. The van der Waals surface area contributed by atoms with Crippen LogP contribution >= 0.6 is 0 Å². The van der Waals surface area contributed by atoms with Gasteiger partial charge in [0.05, 0.1) is 0 Å². The molecule has 0 aromatic heterocycles. The Morgan fingerprint density at radius 3 is 2.74 bits per heavy atom. The minimum absolute atomic E-state index is 0.558. The summed E-state index contributed by atoms with van der Waals surface area (Å²) in [7, 11) is 0. The maximum absolute atomic E-state index is 3.71. The highest BCUT2D eigenvalue weighted by molar-refractivity contribution is 5.36. The van der Waals surface area contributed by atoms with E-state index in [0.29, 0.717) is 11.5 Å². The van der Waals surface area contributed by atoms with Crippen molar-refractivity contribution in [3.05, 3.63) is 34.9 Å². The van der Waals surface area contributed by atoms with Crippen LogP contribution < -0.4 is 5.32 Å². The maximum atomic E-state index is 3.71. The first-order valence-electron chi connectivity index (χ1n) is 8.07. The zero-order valence-corrected chi connectivity index (χ0v) is 12.5. The highest BCUT2D eigenvalue weighted by atomic mass is 14.9. The van der Waals surface area contributed by atoms with Gasteiger partial charge in [-0.05, 0) is 80.5 Å². The Kier molecular flexibility index (Phi) is 3.66. The quantitative estimate of drug-likeness (QED) is 0.815. The Morgan fingerprint density at radius 2 is 2.00 bits per heavy atom. The molecule has 2 aliphatic carbocycles. The molecule has 1 aromatic rings. The fourth-order valence-corrected chi connectivity index (χ4v) is 3.64. The molecular formula is C18H27N. The van der Waals surface area contributed by atoms with E-state index in [2.05, 4.69) is 37.4 Å². The van der Waals surface area contributed by atoms with E-state index in [0.717, 1.165) is 6.54 Å². The highest BCUT2D eigenvalue weighted by Crippen LogP contribution is 2.51. The predicted molar refractivity (Wildman–Crippen MR) is 81.6 cm³/mol. The summed E-state index contributed by atoms with van der Waals surface area (Å²) in [6.07, 6.45) is 9.29. The van der Waals surface area contributed by atoms with Gasteiger partial charge in [-0.25, -0.2) is 0 Å². The predicted octanol–water partition coefficient (Wildman–Crippen LogP) is 3.89. The van der Waals surface area contributed by atoms with E-state index in [4.69, 9.17) is 0 Å². The van der Waals surface area contributed by atoms with Gasteiger partial charge in [-0.2, -0.15) is 0 Å². The smallest absolute Gasteiger partial charge is 0.00983 e. The van der Waals surface area contributed by atoms with Gasteiger partial charge < -0.3 is 5.32 Å². The molecule has 0 bridgehead atoms. The minimum Gasteiger partial charge on any atom is -0.314 e. The molecule has 0 radical (unpaired) electrons.